The lowest BCUT2D eigenvalue weighted by Gasteiger charge is -2.17. The highest BCUT2D eigenvalue weighted by atomic mass is 35.5. The van der Waals surface area contributed by atoms with Gasteiger partial charge in [0.15, 0.2) is 11.0 Å². The minimum absolute atomic E-state index is 0.0870. The van der Waals surface area contributed by atoms with Crippen molar-refractivity contribution in [2.75, 3.05) is 5.32 Å². The van der Waals surface area contributed by atoms with Gasteiger partial charge in [-0.25, -0.2) is 9.67 Å². The molecule has 0 radical (unpaired) electrons. The third-order valence-electron chi connectivity index (χ3n) is 4.78. The van der Waals surface area contributed by atoms with Crippen LogP contribution < -0.4 is 5.32 Å². The molecule has 3 rings (SSSR count). The van der Waals surface area contributed by atoms with Gasteiger partial charge in [-0.1, -0.05) is 73.2 Å². The molecule has 2 heterocycles. The van der Waals surface area contributed by atoms with E-state index in [2.05, 4.69) is 19.8 Å². The summed E-state index contributed by atoms with van der Waals surface area (Å²) in [4.78, 5) is 30.7. The molecule has 0 spiro atoms. The third kappa shape index (κ3) is 5.86. The van der Waals surface area contributed by atoms with Gasteiger partial charge in [0.2, 0.25) is 0 Å². The Kier molecular flexibility index (Phi) is 8.52. The van der Waals surface area contributed by atoms with Crippen LogP contribution in [0.15, 0.2) is 40.9 Å². The SMILES string of the molecule is Cc1cc(Cl)cc(C(=O)N=S(C(C)C)C(C)C)c1NC(=O)c1cc(Cl)nn1-c1ncccc1Cl. The van der Waals surface area contributed by atoms with Gasteiger partial charge in [-0.15, -0.1) is 0 Å². The Morgan fingerprint density at radius 1 is 1.09 bits per heavy atom. The van der Waals surface area contributed by atoms with E-state index in [0.29, 0.717) is 21.3 Å². The highest BCUT2D eigenvalue weighted by Crippen LogP contribution is 2.29. The van der Waals surface area contributed by atoms with Crippen LogP contribution in [-0.4, -0.2) is 37.1 Å². The van der Waals surface area contributed by atoms with Crippen LogP contribution in [-0.2, 0) is 10.7 Å². The van der Waals surface area contributed by atoms with Crippen LogP contribution >= 0.6 is 34.8 Å². The van der Waals surface area contributed by atoms with Crippen LogP contribution in [0.1, 0.15) is 54.1 Å². The van der Waals surface area contributed by atoms with Crippen molar-refractivity contribution in [3.8, 4) is 5.82 Å². The first-order valence-electron chi connectivity index (χ1n) is 10.5. The van der Waals surface area contributed by atoms with Crippen molar-refractivity contribution in [1.82, 2.24) is 14.8 Å². The molecule has 11 heteroatoms. The zero-order chi connectivity index (χ0) is 25.2. The molecule has 2 aromatic heterocycles. The van der Waals surface area contributed by atoms with E-state index in [-0.39, 0.29) is 32.7 Å². The summed E-state index contributed by atoms with van der Waals surface area (Å²) < 4.78 is 5.72. The Morgan fingerprint density at radius 2 is 1.76 bits per heavy atom. The van der Waals surface area contributed by atoms with E-state index in [1.165, 1.54) is 23.0 Å². The summed E-state index contributed by atoms with van der Waals surface area (Å²) in [5, 5.41) is 8.10. The number of nitrogens with one attached hydrogen (secondary N) is 1. The maximum absolute atomic E-state index is 13.3. The molecule has 34 heavy (non-hydrogen) atoms. The van der Waals surface area contributed by atoms with Gasteiger partial charge in [-0.3, -0.25) is 9.59 Å². The summed E-state index contributed by atoms with van der Waals surface area (Å²) in [5.41, 5.74) is 1.24. The fourth-order valence-corrected chi connectivity index (χ4v) is 5.82. The normalized spacial score (nSPS) is 11.4. The van der Waals surface area contributed by atoms with Crippen molar-refractivity contribution < 1.29 is 9.59 Å². The number of nitrogens with zero attached hydrogens (tertiary/aromatic N) is 4. The molecule has 0 bridgehead atoms. The number of hydrogen-bond donors (Lipinski definition) is 1. The molecule has 0 saturated heterocycles. The fourth-order valence-electron chi connectivity index (χ4n) is 3.36. The van der Waals surface area contributed by atoms with E-state index >= 15 is 0 Å². The van der Waals surface area contributed by atoms with Gasteiger partial charge in [0.1, 0.15) is 5.69 Å². The third-order valence-corrected chi connectivity index (χ3v) is 7.78. The van der Waals surface area contributed by atoms with Crippen LogP contribution in [0.3, 0.4) is 0 Å². The van der Waals surface area contributed by atoms with Crippen LogP contribution in [0, 0.1) is 6.92 Å². The largest absolute Gasteiger partial charge is 0.320 e. The van der Waals surface area contributed by atoms with Gasteiger partial charge in [-0.2, -0.15) is 9.46 Å². The molecule has 3 aromatic rings. The molecule has 2 amide bonds. The van der Waals surface area contributed by atoms with Crippen molar-refractivity contribution >= 4 is 63.0 Å². The lowest BCUT2D eigenvalue weighted by atomic mass is 10.1. The van der Waals surface area contributed by atoms with Crippen LogP contribution in [0.5, 0.6) is 0 Å². The van der Waals surface area contributed by atoms with E-state index < -0.39 is 22.5 Å². The van der Waals surface area contributed by atoms with E-state index in [4.69, 9.17) is 34.8 Å². The van der Waals surface area contributed by atoms with E-state index in [9.17, 15) is 9.59 Å². The molecule has 0 fully saturated rings. The van der Waals surface area contributed by atoms with E-state index in [1.54, 1.807) is 25.1 Å². The molecule has 0 unspecified atom stereocenters. The number of carbonyl (C=O) groups excluding carboxylic acids is 2. The highest BCUT2D eigenvalue weighted by Gasteiger charge is 2.23. The topological polar surface area (TPSA) is 89.2 Å². The quantitative estimate of drug-likeness (QED) is 0.384. The lowest BCUT2D eigenvalue weighted by Crippen LogP contribution is -2.21. The van der Waals surface area contributed by atoms with Crippen molar-refractivity contribution in [1.29, 1.82) is 0 Å². The van der Waals surface area contributed by atoms with Gasteiger partial charge in [0, 0.05) is 27.8 Å². The second-order valence-corrected chi connectivity index (χ2v) is 12.0. The predicted octanol–water partition coefficient (Wildman–Crippen LogP) is 6.55. The minimum atomic E-state index is -0.549. The highest BCUT2D eigenvalue weighted by molar-refractivity contribution is 7.88. The Hall–Kier alpha value is -2.26. The first-order chi connectivity index (χ1) is 16.0. The van der Waals surface area contributed by atoms with E-state index in [0.717, 1.165) is 0 Å². The molecule has 0 aliphatic carbocycles. The zero-order valence-corrected chi connectivity index (χ0v) is 22.4. The Balaban J connectivity index is 2.05. The number of aryl methyl sites for hydroxylation is 1. The number of hydrogen-bond acceptors (Lipinski definition) is 4. The molecule has 1 aromatic carbocycles. The summed E-state index contributed by atoms with van der Waals surface area (Å²) in [5.74, 6) is -0.739. The van der Waals surface area contributed by atoms with E-state index in [1.807, 2.05) is 27.7 Å². The Morgan fingerprint density at radius 3 is 2.38 bits per heavy atom. The molecular weight excluding hydrogens is 517 g/mol. The predicted molar refractivity (Wildman–Crippen MR) is 140 cm³/mol. The number of aromatic nitrogens is 3. The van der Waals surface area contributed by atoms with Crippen molar-refractivity contribution in [3.05, 3.63) is 68.5 Å². The molecule has 7 nitrogen and oxygen atoms in total. The molecule has 1 N–H and O–H groups in total. The van der Waals surface area contributed by atoms with Crippen LogP contribution in [0.25, 0.3) is 5.82 Å². The Labute approximate surface area is 215 Å². The van der Waals surface area contributed by atoms with Gasteiger partial charge in [0.25, 0.3) is 11.8 Å². The average molecular weight is 541 g/mol. The summed E-state index contributed by atoms with van der Waals surface area (Å²) >= 11 is 18.6. The zero-order valence-electron chi connectivity index (χ0n) is 19.3. The smallest absolute Gasteiger partial charge is 0.285 e. The second-order valence-electron chi connectivity index (χ2n) is 8.01. The lowest BCUT2D eigenvalue weighted by molar-refractivity contribution is 0.101. The first-order valence-corrected chi connectivity index (χ1v) is 12.9. The molecule has 0 aliphatic heterocycles. The number of amides is 2. The molecule has 0 atom stereocenters. The van der Waals surface area contributed by atoms with Gasteiger partial charge in [0.05, 0.1) is 16.3 Å². The number of anilines is 1. The van der Waals surface area contributed by atoms with Crippen LogP contribution in [0.2, 0.25) is 15.2 Å². The molecule has 0 aliphatic rings. The van der Waals surface area contributed by atoms with Gasteiger partial charge < -0.3 is 5.32 Å². The first kappa shape index (κ1) is 26.3. The van der Waals surface area contributed by atoms with Gasteiger partial charge >= 0.3 is 0 Å². The second kappa shape index (κ2) is 11.0. The summed E-state index contributed by atoms with van der Waals surface area (Å²) in [6.07, 6.45) is 1.53. The molecule has 0 saturated carbocycles. The van der Waals surface area contributed by atoms with Crippen molar-refractivity contribution in [2.45, 2.75) is 45.1 Å². The fraction of sp³-hybridized carbons (Fsp3) is 0.304. The van der Waals surface area contributed by atoms with Crippen molar-refractivity contribution in [2.24, 2.45) is 4.36 Å². The Bertz CT molecular complexity index is 1280. The minimum Gasteiger partial charge on any atom is -0.320 e. The number of carbonyl (C=O) groups is 2. The number of benzene rings is 1. The monoisotopic (exact) mass is 539 g/mol. The summed E-state index contributed by atoms with van der Waals surface area (Å²) in [7, 11) is -0.491. The van der Waals surface area contributed by atoms with Crippen molar-refractivity contribution in [3.63, 3.8) is 0 Å². The van der Waals surface area contributed by atoms with Gasteiger partial charge in [-0.05, 0) is 36.8 Å². The number of halogens is 3. The van der Waals surface area contributed by atoms with Crippen LogP contribution in [0.4, 0.5) is 5.69 Å². The number of rotatable bonds is 6. The molecule has 180 valence electrons. The maximum atomic E-state index is 13.3. The summed E-state index contributed by atoms with van der Waals surface area (Å²) in [6, 6.07) is 7.87. The maximum Gasteiger partial charge on any atom is 0.285 e. The standard InChI is InChI=1S/C23H24Cl3N5O2S/c1-12(2)34(13(3)4)30-22(32)16-10-15(24)9-14(5)20(16)28-23(33)18-11-19(26)29-31(18)21-17(25)7-6-8-27-21/h6-13H,1-5H3,(H,28,33). The number of pyridine rings is 1. The average Bonchev–Trinajstić information content (AvgIpc) is 3.14. The molecular formula is C23H24Cl3N5O2S. The summed E-state index contributed by atoms with van der Waals surface area (Å²) in [6.45, 7) is 9.86.